The number of carbonyl (C=O) groups is 1. The summed E-state index contributed by atoms with van der Waals surface area (Å²) < 4.78 is 69.5. The van der Waals surface area contributed by atoms with Crippen molar-refractivity contribution < 1.29 is 31.5 Å². The van der Waals surface area contributed by atoms with Gasteiger partial charge in [0.05, 0.1) is 29.3 Å². The molecule has 5 nitrogen and oxygen atoms in total. The average molecular weight is 508 g/mol. The summed E-state index contributed by atoms with van der Waals surface area (Å²) in [7, 11) is 0. The molecule has 2 N–H and O–H groups in total. The van der Waals surface area contributed by atoms with Crippen LogP contribution >= 0.6 is 0 Å². The van der Waals surface area contributed by atoms with Crippen LogP contribution in [0.2, 0.25) is 0 Å². The van der Waals surface area contributed by atoms with Gasteiger partial charge in [-0.3, -0.25) is 9.69 Å². The molecule has 2 heterocycles. The molecule has 0 spiro atoms. The maximum atomic E-state index is 12.8. The molecule has 2 aromatic carbocycles. The number of amides is 1. The molecular formula is C26H26F5N3O2. The number of aromatic nitrogens is 1. The van der Waals surface area contributed by atoms with Gasteiger partial charge >= 0.3 is 6.18 Å². The smallest absolute Gasteiger partial charge is 0.416 e. The Balaban J connectivity index is 1.19. The number of aromatic amines is 1. The first-order valence-corrected chi connectivity index (χ1v) is 11.8. The fourth-order valence-corrected chi connectivity index (χ4v) is 5.03. The number of likely N-dealkylation sites (tertiary alicyclic amines) is 1. The second-order valence-electron chi connectivity index (χ2n) is 10.0. The van der Waals surface area contributed by atoms with Crippen molar-refractivity contribution in [3.05, 3.63) is 59.8 Å². The zero-order valence-electron chi connectivity index (χ0n) is 19.5. The number of alkyl halides is 5. The van der Waals surface area contributed by atoms with Gasteiger partial charge in [0.2, 0.25) is 5.91 Å². The fraction of sp³-hybridized carbons (Fsp3) is 0.423. The molecule has 5 rings (SSSR count). The zero-order valence-corrected chi connectivity index (χ0v) is 19.5. The molecule has 0 bridgehead atoms. The summed E-state index contributed by atoms with van der Waals surface area (Å²) >= 11 is 0. The number of benzene rings is 2. The van der Waals surface area contributed by atoms with E-state index in [-0.39, 0.29) is 37.6 Å². The number of H-pyrrole nitrogens is 1. The number of anilines is 1. The highest BCUT2D eigenvalue weighted by atomic mass is 19.4. The fourth-order valence-electron chi connectivity index (χ4n) is 5.03. The van der Waals surface area contributed by atoms with Crippen molar-refractivity contribution in [1.82, 2.24) is 9.88 Å². The number of ether oxygens (including phenoxy) is 1. The normalized spacial score (nSPS) is 21.8. The van der Waals surface area contributed by atoms with Crippen LogP contribution in [0.4, 0.5) is 27.6 Å². The second kappa shape index (κ2) is 9.06. The summed E-state index contributed by atoms with van der Waals surface area (Å²) in [5.41, 5.74) is 0.881. The van der Waals surface area contributed by atoms with Crippen LogP contribution in [-0.2, 0) is 11.0 Å². The molecule has 1 saturated carbocycles. The highest BCUT2D eigenvalue weighted by molar-refractivity contribution is 6.04. The van der Waals surface area contributed by atoms with Gasteiger partial charge in [-0.05, 0) is 61.6 Å². The van der Waals surface area contributed by atoms with Crippen molar-refractivity contribution in [3.8, 4) is 5.75 Å². The SMILES string of the molecule is CC1(C(=O)Nc2c[nH]c3ccc(OC4CC(c5ccc(C(F)(F)F)cc5)C4)cc23)CN(CC(F)F)C1. The summed E-state index contributed by atoms with van der Waals surface area (Å²) in [6, 6.07) is 10.8. The third-order valence-electron chi connectivity index (χ3n) is 7.10. The first-order valence-electron chi connectivity index (χ1n) is 11.8. The first kappa shape index (κ1) is 24.5. The van der Waals surface area contributed by atoms with Crippen molar-refractivity contribution >= 4 is 22.5 Å². The van der Waals surface area contributed by atoms with Gasteiger partial charge < -0.3 is 15.0 Å². The summed E-state index contributed by atoms with van der Waals surface area (Å²) in [5, 5.41) is 3.68. The van der Waals surface area contributed by atoms with E-state index in [1.54, 1.807) is 18.0 Å². The molecule has 0 unspecified atom stereocenters. The molecule has 1 aliphatic carbocycles. The van der Waals surface area contributed by atoms with Gasteiger partial charge in [-0.15, -0.1) is 0 Å². The number of nitrogens with zero attached hydrogens (tertiary/aromatic N) is 1. The minimum absolute atomic E-state index is 0.0542. The molecule has 10 heteroatoms. The van der Waals surface area contributed by atoms with Gasteiger partial charge in [-0.1, -0.05) is 12.1 Å². The zero-order chi connectivity index (χ0) is 25.7. The molecule has 3 aromatic rings. The lowest BCUT2D eigenvalue weighted by atomic mass is 9.77. The van der Waals surface area contributed by atoms with Crippen LogP contribution in [0.1, 0.15) is 36.8 Å². The first-order chi connectivity index (χ1) is 17.0. The summed E-state index contributed by atoms with van der Waals surface area (Å²) in [6.45, 7) is 1.98. The molecule has 1 aromatic heterocycles. The van der Waals surface area contributed by atoms with E-state index in [1.807, 2.05) is 18.2 Å². The molecule has 2 fully saturated rings. The Bertz CT molecular complexity index is 1240. The van der Waals surface area contributed by atoms with Gasteiger partial charge in [0, 0.05) is 30.2 Å². The number of nitrogens with one attached hydrogen (secondary N) is 2. The van der Waals surface area contributed by atoms with E-state index >= 15 is 0 Å². The van der Waals surface area contributed by atoms with Crippen LogP contribution in [0, 0.1) is 5.41 Å². The molecule has 1 saturated heterocycles. The molecule has 0 radical (unpaired) electrons. The van der Waals surface area contributed by atoms with E-state index in [0.717, 1.165) is 28.6 Å². The Morgan fingerprint density at radius 2 is 1.86 bits per heavy atom. The number of hydrogen-bond acceptors (Lipinski definition) is 3. The van der Waals surface area contributed by atoms with E-state index in [1.165, 1.54) is 12.1 Å². The minimum Gasteiger partial charge on any atom is -0.490 e. The van der Waals surface area contributed by atoms with Crippen LogP contribution in [0.25, 0.3) is 10.9 Å². The van der Waals surface area contributed by atoms with Crippen molar-refractivity contribution in [2.45, 2.75) is 44.4 Å². The Morgan fingerprint density at radius 3 is 2.50 bits per heavy atom. The van der Waals surface area contributed by atoms with E-state index in [0.29, 0.717) is 24.3 Å². The van der Waals surface area contributed by atoms with Crippen molar-refractivity contribution in [2.75, 3.05) is 25.0 Å². The maximum Gasteiger partial charge on any atom is 0.416 e. The lowest BCUT2D eigenvalue weighted by Gasteiger charge is -2.46. The Hall–Kier alpha value is -3.14. The van der Waals surface area contributed by atoms with Gasteiger partial charge in [-0.25, -0.2) is 8.78 Å². The van der Waals surface area contributed by atoms with E-state index in [4.69, 9.17) is 4.74 Å². The number of hydrogen-bond donors (Lipinski definition) is 2. The Labute approximate surface area is 204 Å². The van der Waals surface area contributed by atoms with Crippen molar-refractivity contribution in [1.29, 1.82) is 0 Å². The van der Waals surface area contributed by atoms with Crippen molar-refractivity contribution in [2.24, 2.45) is 5.41 Å². The largest absolute Gasteiger partial charge is 0.490 e. The number of fused-ring (bicyclic) bond motifs is 1. The van der Waals surface area contributed by atoms with Crippen LogP contribution in [-0.4, -0.2) is 48.0 Å². The lowest BCUT2D eigenvalue weighted by Crippen LogP contribution is -2.61. The van der Waals surface area contributed by atoms with E-state index < -0.39 is 23.6 Å². The summed E-state index contributed by atoms with van der Waals surface area (Å²) in [6.07, 6.45) is -3.73. The molecule has 0 atom stereocenters. The lowest BCUT2D eigenvalue weighted by molar-refractivity contribution is -0.137. The average Bonchev–Trinajstić information content (AvgIpc) is 3.16. The summed E-state index contributed by atoms with van der Waals surface area (Å²) in [5.74, 6) is 0.557. The third-order valence-corrected chi connectivity index (χ3v) is 7.10. The molecule has 1 aliphatic heterocycles. The number of rotatable bonds is 7. The van der Waals surface area contributed by atoms with Crippen LogP contribution in [0.15, 0.2) is 48.7 Å². The van der Waals surface area contributed by atoms with E-state index in [2.05, 4.69) is 10.3 Å². The molecule has 192 valence electrons. The van der Waals surface area contributed by atoms with Gasteiger partial charge in [-0.2, -0.15) is 13.2 Å². The molecular weight excluding hydrogens is 481 g/mol. The maximum absolute atomic E-state index is 12.8. The third kappa shape index (κ3) is 4.91. The molecule has 1 amide bonds. The van der Waals surface area contributed by atoms with Crippen molar-refractivity contribution in [3.63, 3.8) is 0 Å². The van der Waals surface area contributed by atoms with Gasteiger partial charge in [0.25, 0.3) is 6.43 Å². The molecule has 36 heavy (non-hydrogen) atoms. The highest BCUT2D eigenvalue weighted by Gasteiger charge is 2.45. The van der Waals surface area contributed by atoms with Gasteiger partial charge in [0.1, 0.15) is 5.75 Å². The second-order valence-corrected chi connectivity index (χ2v) is 10.0. The molecule has 2 aliphatic rings. The topological polar surface area (TPSA) is 57.4 Å². The Kier molecular flexibility index (Phi) is 6.18. The van der Waals surface area contributed by atoms with Crippen LogP contribution in [0.3, 0.4) is 0 Å². The Morgan fingerprint density at radius 1 is 1.17 bits per heavy atom. The number of halogens is 5. The summed E-state index contributed by atoms with van der Waals surface area (Å²) in [4.78, 5) is 17.5. The van der Waals surface area contributed by atoms with Crippen LogP contribution < -0.4 is 10.1 Å². The standard InChI is InChI=1S/C26H26F5N3O2/c1-25(13-34(14-25)12-23(27)28)24(35)33-22-11-32-21-7-6-18(10-20(21)22)36-19-8-16(9-19)15-2-4-17(5-3-15)26(29,30)31/h2-7,10-11,16,19,23,32H,8-9,12-14H2,1H3,(H,33,35). The monoisotopic (exact) mass is 507 g/mol. The minimum atomic E-state index is -4.34. The predicted octanol–water partition coefficient (Wildman–Crippen LogP) is 6.04. The predicted molar refractivity (Wildman–Crippen MR) is 125 cm³/mol. The highest BCUT2D eigenvalue weighted by Crippen LogP contribution is 2.41. The quantitative estimate of drug-likeness (QED) is 0.384. The van der Waals surface area contributed by atoms with Gasteiger partial charge in [0.15, 0.2) is 0 Å². The van der Waals surface area contributed by atoms with E-state index in [9.17, 15) is 26.7 Å². The number of carbonyl (C=O) groups excluding carboxylic acids is 1. The van der Waals surface area contributed by atoms with Crippen LogP contribution in [0.5, 0.6) is 5.75 Å².